The van der Waals surface area contributed by atoms with Gasteiger partial charge in [0, 0.05) is 19.3 Å². The van der Waals surface area contributed by atoms with Gasteiger partial charge in [-0.1, -0.05) is 25.0 Å². The molecule has 1 saturated heterocycles. The number of aromatic nitrogens is 3. The fourth-order valence-corrected chi connectivity index (χ4v) is 2.93. The van der Waals surface area contributed by atoms with E-state index in [2.05, 4.69) is 33.6 Å². The summed E-state index contributed by atoms with van der Waals surface area (Å²) in [6.07, 6.45) is 8.72. The van der Waals surface area contributed by atoms with Crippen molar-refractivity contribution < 1.29 is 0 Å². The molecule has 5 heteroatoms. The molecule has 1 N–H and O–H groups in total. The maximum absolute atomic E-state index is 4.22. The molecule has 1 aromatic rings. The highest BCUT2D eigenvalue weighted by Crippen LogP contribution is 2.19. The van der Waals surface area contributed by atoms with Crippen molar-refractivity contribution in [2.75, 3.05) is 26.7 Å². The number of likely N-dealkylation sites (tertiary alicyclic amines) is 1. The molecule has 0 aromatic carbocycles. The Hall–Kier alpha value is -0.940. The fraction of sp³-hybridized carbons (Fsp3) is 0.867. The molecule has 0 unspecified atom stereocenters. The first-order valence-corrected chi connectivity index (χ1v) is 8.07. The third-order valence-electron chi connectivity index (χ3n) is 4.17. The van der Waals surface area contributed by atoms with Crippen LogP contribution in [0.4, 0.5) is 0 Å². The van der Waals surface area contributed by atoms with E-state index in [-0.39, 0.29) is 0 Å². The van der Waals surface area contributed by atoms with Crippen molar-refractivity contribution in [3.8, 4) is 0 Å². The monoisotopic (exact) mass is 279 g/mol. The van der Waals surface area contributed by atoms with Crippen LogP contribution in [-0.4, -0.2) is 46.6 Å². The van der Waals surface area contributed by atoms with Crippen LogP contribution in [0, 0.1) is 5.92 Å². The van der Waals surface area contributed by atoms with Crippen LogP contribution in [0.3, 0.4) is 0 Å². The van der Waals surface area contributed by atoms with Crippen LogP contribution in [0.5, 0.6) is 0 Å². The molecule has 1 aliphatic rings. The van der Waals surface area contributed by atoms with Gasteiger partial charge in [-0.15, -0.1) is 5.10 Å². The number of nitrogens with zero attached hydrogens (tertiary/aromatic N) is 4. The van der Waals surface area contributed by atoms with Gasteiger partial charge < -0.3 is 10.2 Å². The lowest BCUT2D eigenvalue weighted by atomic mass is 9.96. The van der Waals surface area contributed by atoms with Crippen molar-refractivity contribution in [1.29, 1.82) is 0 Å². The van der Waals surface area contributed by atoms with E-state index < -0.39 is 0 Å². The molecule has 0 amide bonds. The summed E-state index contributed by atoms with van der Waals surface area (Å²) in [6, 6.07) is 0. The van der Waals surface area contributed by atoms with E-state index in [0.717, 1.165) is 24.7 Å². The molecule has 20 heavy (non-hydrogen) atoms. The summed E-state index contributed by atoms with van der Waals surface area (Å²) in [7, 11) is 1.94. The predicted octanol–water partition coefficient (Wildman–Crippen LogP) is 1.90. The molecule has 1 aromatic heterocycles. The second-order valence-corrected chi connectivity index (χ2v) is 5.95. The van der Waals surface area contributed by atoms with E-state index in [0.29, 0.717) is 0 Å². The lowest BCUT2D eigenvalue weighted by Crippen LogP contribution is -2.35. The van der Waals surface area contributed by atoms with Crippen molar-refractivity contribution in [2.24, 2.45) is 5.92 Å². The molecule has 0 radical (unpaired) electrons. The zero-order valence-electron chi connectivity index (χ0n) is 13.0. The van der Waals surface area contributed by atoms with Crippen molar-refractivity contribution in [1.82, 2.24) is 25.2 Å². The highest BCUT2D eigenvalue weighted by Gasteiger charge is 2.19. The van der Waals surface area contributed by atoms with Crippen LogP contribution < -0.4 is 5.32 Å². The van der Waals surface area contributed by atoms with Crippen molar-refractivity contribution in [3.63, 3.8) is 0 Å². The molecular formula is C15H29N5. The maximum atomic E-state index is 4.22. The van der Waals surface area contributed by atoms with E-state index in [1.807, 2.05) is 11.7 Å². The first-order valence-electron chi connectivity index (χ1n) is 8.07. The lowest BCUT2D eigenvalue weighted by molar-refractivity contribution is 0.168. The molecule has 0 aliphatic carbocycles. The average Bonchev–Trinajstić information content (AvgIpc) is 2.89. The third kappa shape index (κ3) is 4.87. The number of hydrogen-bond acceptors (Lipinski definition) is 4. The highest BCUT2D eigenvalue weighted by molar-refractivity contribution is 4.91. The Morgan fingerprint density at radius 3 is 2.80 bits per heavy atom. The SMILES string of the molecule is CCCCCN1CCC(Cn2cc(CNC)nn2)CC1. The average molecular weight is 279 g/mol. The molecule has 2 rings (SSSR count). The molecule has 114 valence electrons. The Morgan fingerprint density at radius 1 is 1.30 bits per heavy atom. The summed E-state index contributed by atoms with van der Waals surface area (Å²) in [5.41, 5.74) is 1.03. The minimum atomic E-state index is 0.765. The fourth-order valence-electron chi connectivity index (χ4n) is 2.93. The van der Waals surface area contributed by atoms with Crippen molar-refractivity contribution in [3.05, 3.63) is 11.9 Å². The van der Waals surface area contributed by atoms with Crippen LogP contribution in [0.1, 0.15) is 44.7 Å². The maximum Gasteiger partial charge on any atom is 0.0964 e. The zero-order chi connectivity index (χ0) is 14.2. The smallest absolute Gasteiger partial charge is 0.0964 e. The lowest BCUT2D eigenvalue weighted by Gasteiger charge is -2.31. The first kappa shape index (κ1) is 15.4. The van der Waals surface area contributed by atoms with Crippen molar-refractivity contribution >= 4 is 0 Å². The Labute approximate surface area is 122 Å². The molecule has 0 spiro atoms. The van der Waals surface area contributed by atoms with Gasteiger partial charge in [0.2, 0.25) is 0 Å². The van der Waals surface area contributed by atoms with E-state index in [4.69, 9.17) is 0 Å². The minimum absolute atomic E-state index is 0.765. The molecule has 2 heterocycles. The van der Waals surface area contributed by atoms with Crippen molar-refractivity contribution in [2.45, 2.75) is 52.1 Å². The van der Waals surface area contributed by atoms with E-state index in [1.165, 1.54) is 51.7 Å². The summed E-state index contributed by atoms with van der Waals surface area (Å²) in [4.78, 5) is 2.62. The summed E-state index contributed by atoms with van der Waals surface area (Å²) < 4.78 is 2.02. The Bertz CT molecular complexity index is 368. The van der Waals surface area contributed by atoms with Crippen LogP contribution in [-0.2, 0) is 13.1 Å². The number of nitrogens with one attached hydrogen (secondary N) is 1. The standard InChI is InChI=1S/C15H29N5/c1-3-4-5-8-19-9-6-14(7-10-19)12-20-13-15(11-16-2)17-18-20/h13-14,16H,3-12H2,1-2H3. The topological polar surface area (TPSA) is 46.0 Å². The van der Waals surface area contributed by atoms with Gasteiger partial charge in [0.1, 0.15) is 0 Å². The largest absolute Gasteiger partial charge is 0.314 e. The molecule has 0 bridgehead atoms. The Balaban J connectivity index is 1.68. The van der Waals surface area contributed by atoms with Gasteiger partial charge in [0.15, 0.2) is 0 Å². The number of hydrogen-bond donors (Lipinski definition) is 1. The molecular weight excluding hydrogens is 250 g/mol. The number of rotatable bonds is 8. The first-order chi connectivity index (χ1) is 9.81. The van der Waals surface area contributed by atoms with Crippen LogP contribution >= 0.6 is 0 Å². The van der Waals surface area contributed by atoms with Gasteiger partial charge in [-0.3, -0.25) is 4.68 Å². The normalized spacial score (nSPS) is 17.7. The molecule has 0 atom stereocenters. The van der Waals surface area contributed by atoms with Gasteiger partial charge >= 0.3 is 0 Å². The van der Waals surface area contributed by atoms with Gasteiger partial charge in [-0.05, 0) is 51.9 Å². The van der Waals surface area contributed by atoms with Crippen LogP contribution in [0.2, 0.25) is 0 Å². The van der Waals surface area contributed by atoms with E-state index in [9.17, 15) is 0 Å². The Kier molecular flexibility index (Phi) is 6.47. The summed E-state index contributed by atoms with van der Waals surface area (Å²) in [6.45, 7) is 7.90. The minimum Gasteiger partial charge on any atom is -0.314 e. The molecule has 5 nitrogen and oxygen atoms in total. The van der Waals surface area contributed by atoms with Crippen LogP contribution in [0.25, 0.3) is 0 Å². The zero-order valence-corrected chi connectivity index (χ0v) is 13.0. The predicted molar refractivity (Wildman–Crippen MR) is 81.5 cm³/mol. The molecule has 1 fully saturated rings. The summed E-state index contributed by atoms with van der Waals surface area (Å²) in [5.74, 6) is 0.765. The second kappa shape index (κ2) is 8.37. The van der Waals surface area contributed by atoms with Gasteiger partial charge in [-0.25, -0.2) is 0 Å². The number of unbranched alkanes of at least 4 members (excludes halogenated alkanes) is 2. The molecule has 1 aliphatic heterocycles. The summed E-state index contributed by atoms with van der Waals surface area (Å²) >= 11 is 0. The van der Waals surface area contributed by atoms with Crippen LogP contribution in [0.15, 0.2) is 6.20 Å². The van der Waals surface area contributed by atoms with Gasteiger partial charge in [0.05, 0.1) is 5.69 Å². The number of piperidine rings is 1. The quantitative estimate of drug-likeness (QED) is 0.738. The third-order valence-corrected chi connectivity index (χ3v) is 4.17. The van der Waals surface area contributed by atoms with E-state index >= 15 is 0 Å². The Morgan fingerprint density at radius 2 is 2.10 bits per heavy atom. The summed E-state index contributed by atoms with van der Waals surface area (Å²) in [5, 5.41) is 11.5. The van der Waals surface area contributed by atoms with Gasteiger partial charge in [0.25, 0.3) is 0 Å². The van der Waals surface area contributed by atoms with E-state index in [1.54, 1.807) is 0 Å². The highest BCUT2D eigenvalue weighted by atomic mass is 15.4. The second-order valence-electron chi connectivity index (χ2n) is 5.95. The molecule has 0 saturated carbocycles. The van der Waals surface area contributed by atoms with Gasteiger partial charge in [-0.2, -0.15) is 0 Å².